The normalized spacial score (nSPS) is 10.9. The molecule has 7 heteroatoms. The third-order valence-corrected chi connectivity index (χ3v) is 0. The first-order valence-corrected chi connectivity index (χ1v) is 11.7. The van der Waals surface area contributed by atoms with Gasteiger partial charge < -0.3 is 0 Å². The Morgan fingerprint density at radius 3 is 0.714 bits per heavy atom. The summed E-state index contributed by atoms with van der Waals surface area (Å²) in [5, 5.41) is 0. The zero-order valence-electron chi connectivity index (χ0n) is 1.83. The molecule has 0 aliphatic heterocycles. The molecule has 42 valence electrons. The molecule has 0 spiro atoms. The van der Waals surface area contributed by atoms with Gasteiger partial charge in [-0.1, -0.05) is 0 Å². The summed E-state index contributed by atoms with van der Waals surface area (Å²) >= 11 is -3.06. The maximum atomic E-state index is 5.01. The fraction of sp³-hybridized carbons (Fsp3) is 0. The number of halogens is 4. The van der Waals surface area contributed by atoms with Gasteiger partial charge >= 0.3 is 109 Å². The Hall–Kier alpha value is 3.85. The van der Waals surface area contributed by atoms with E-state index in [2.05, 4.69) is 0 Å². The molecule has 0 saturated heterocycles. The summed E-state index contributed by atoms with van der Waals surface area (Å²) in [5.41, 5.74) is 0. The molecule has 0 heterocycles. The average Bonchev–Trinajstić information content (AvgIpc) is 0.722. The van der Waals surface area contributed by atoms with E-state index in [1.165, 1.54) is 0 Å². The van der Waals surface area contributed by atoms with Gasteiger partial charge in [-0.25, -0.2) is 0 Å². The standard InChI is InChI=1S/4ClH.2Na.Pt.2H/h4*1H;;;;;/q;;;;;;+4;;/p-4. The topological polar surface area (TPSA) is 0 Å². The van der Waals surface area contributed by atoms with Crippen molar-refractivity contribution >= 4 is 96.8 Å². The monoisotopic (exact) mass is 383 g/mol. The van der Waals surface area contributed by atoms with Crippen molar-refractivity contribution in [2.45, 2.75) is 0 Å². The van der Waals surface area contributed by atoms with E-state index < -0.39 is 11.9 Å². The van der Waals surface area contributed by atoms with Crippen LogP contribution in [0.5, 0.6) is 0 Å². The fourth-order valence-corrected chi connectivity index (χ4v) is 0. The zero-order valence-corrected chi connectivity index (χ0v) is 7.12. The van der Waals surface area contributed by atoms with Crippen molar-refractivity contribution in [1.29, 1.82) is 0 Å². The van der Waals surface area contributed by atoms with Crippen LogP contribution in [0.1, 0.15) is 0 Å². The Labute approximate surface area is 106 Å². The quantitative estimate of drug-likeness (QED) is 0.555. The van der Waals surface area contributed by atoms with E-state index in [1.807, 2.05) is 0 Å². The first-order valence-electron chi connectivity index (χ1n) is 0.478. The minimum atomic E-state index is -3.06. The molecule has 0 aromatic rings. The van der Waals surface area contributed by atoms with Gasteiger partial charge in [-0.05, 0) is 0 Å². The summed E-state index contributed by atoms with van der Waals surface area (Å²) in [5.74, 6) is 0. The Bertz CT molecular complexity index is 25.2. The van der Waals surface area contributed by atoms with Gasteiger partial charge in [-0.3, -0.25) is 0 Å². The van der Waals surface area contributed by atoms with Gasteiger partial charge in [0.1, 0.15) is 0 Å². The van der Waals surface area contributed by atoms with Gasteiger partial charge in [0.15, 0.2) is 0 Å². The number of hydrogen-bond donors (Lipinski definition) is 0. The van der Waals surface area contributed by atoms with Gasteiger partial charge in [-0.15, -0.1) is 0 Å². The molecule has 0 atom stereocenters. The molecule has 0 rings (SSSR count). The molecular weight excluding hydrogens is 383 g/mol. The summed E-state index contributed by atoms with van der Waals surface area (Å²) in [6.45, 7) is 0. The Morgan fingerprint density at radius 2 is 0.714 bits per heavy atom. The molecular formula is H2Cl4Na2Pt. The molecule has 0 aliphatic carbocycles. The van der Waals surface area contributed by atoms with Crippen LogP contribution in [0, 0.1) is 0 Å². The van der Waals surface area contributed by atoms with Crippen LogP contribution in [-0.4, -0.2) is 59.1 Å². The van der Waals surface area contributed by atoms with Crippen LogP contribution < -0.4 is 0 Å². The molecule has 0 saturated carbocycles. The SMILES string of the molecule is [Cl][Pt]([Cl])([Cl])[Cl].[NaH].[NaH]. The van der Waals surface area contributed by atoms with Crippen molar-refractivity contribution in [2.75, 3.05) is 0 Å². The summed E-state index contributed by atoms with van der Waals surface area (Å²) in [4.78, 5) is 0. The van der Waals surface area contributed by atoms with E-state index in [9.17, 15) is 0 Å². The number of rotatable bonds is 0. The molecule has 0 aromatic heterocycles. The van der Waals surface area contributed by atoms with Crippen molar-refractivity contribution in [3.63, 3.8) is 0 Å². The Morgan fingerprint density at radius 1 is 0.714 bits per heavy atom. The van der Waals surface area contributed by atoms with Gasteiger partial charge in [0.2, 0.25) is 0 Å². The van der Waals surface area contributed by atoms with Crippen molar-refractivity contribution in [3.05, 3.63) is 0 Å². The van der Waals surface area contributed by atoms with Crippen molar-refractivity contribution in [3.8, 4) is 0 Å². The molecule has 0 amide bonds. The second-order valence-corrected chi connectivity index (χ2v) is 20.0. The van der Waals surface area contributed by atoms with Gasteiger partial charge in [0.05, 0.1) is 0 Å². The molecule has 0 aromatic carbocycles. The van der Waals surface area contributed by atoms with Crippen LogP contribution in [-0.2, 0) is 11.9 Å². The Balaban J connectivity index is -0.0000000800. The third kappa shape index (κ3) is 41.0. The van der Waals surface area contributed by atoms with E-state index in [-0.39, 0.29) is 59.1 Å². The molecule has 0 nitrogen and oxygen atoms in total. The van der Waals surface area contributed by atoms with E-state index in [0.29, 0.717) is 0 Å². The summed E-state index contributed by atoms with van der Waals surface area (Å²) in [6.07, 6.45) is 0. The van der Waals surface area contributed by atoms with Gasteiger partial charge in [0, 0.05) is 0 Å². The average molecular weight is 385 g/mol. The zero-order chi connectivity index (χ0) is 4.50. The van der Waals surface area contributed by atoms with Gasteiger partial charge in [0.25, 0.3) is 0 Å². The third-order valence-electron chi connectivity index (χ3n) is 0. The minimum absolute atomic E-state index is 0. The summed E-state index contributed by atoms with van der Waals surface area (Å²) in [7, 11) is 20.0. The van der Waals surface area contributed by atoms with Crippen molar-refractivity contribution in [2.24, 2.45) is 0 Å². The molecule has 0 unspecified atom stereocenters. The Kier molecular flexibility index (Phi) is 19.4. The van der Waals surface area contributed by atoms with Gasteiger partial charge in [-0.2, -0.15) is 0 Å². The van der Waals surface area contributed by atoms with Crippen LogP contribution >= 0.6 is 37.7 Å². The predicted molar refractivity (Wildman–Crippen MR) is 37.7 cm³/mol. The van der Waals surface area contributed by atoms with Crippen LogP contribution in [0.3, 0.4) is 0 Å². The fourth-order valence-electron chi connectivity index (χ4n) is 0. The van der Waals surface area contributed by atoms with E-state index in [4.69, 9.17) is 37.7 Å². The molecule has 0 N–H and O–H groups in total. The second-order valence-electron chi connectivity index (χ2n) is 0.271. The van der Waals surface area contributed by atoms with E-state index in [0.717, 1.165) is 0 Å². The van der Waals surface area contributed by atoms with E-state index >= 15 is 0 Å². The molecule has 0 bridgehead atoms. The first kappa shape index (κ1) is 17.1. The molecule has 0 aliphatic rings. The predicted octanol–water partition coefficient (Wildman–Crippen LogP) is 1.46. The number of hydrogen-bond acceptors (Lipinski definition) is 0. The summed E-state index contributed by atoms with van der Waals surface area (Å²) < 4.78 is 0. The van der Waals surface area contributed by atoms with Crippen molar-refractivity contribution in [1.82, 2.24) is 0 Å². The van der Waals surface area contributed by atoms with Crippen LogP contribution in [0.4, 0.5) is 0 Å². The van der Waals surface area contributed by atoms with Crippen LogP contribution in [0.15, 0.2) is 0 Å². The van der Waals surface area contributed by atoms with E-state index in [1.54, 1.807) is 0 Å². The summed E-state index contributed by atoms with van der Waals surface area (Å²) in [6, 6.07) is 0. The second kappa shape index (κ2) is 7.95. The molecule has 7 heavy (non-hydrogen) atoms. The molecule has 0 fully saturated rings. The van der Waals surface area contributed by atoms with Crippen LogP contribution in [0.25, 0.3) is 0 Å². The first-order chi connectivity index (χ1) is 2.00. The maximum absolute atomic E-state index is 5.01. The van der Waals surface area contributed by atoms with Crippen molar-refractivity contribution < 1.29 is 11.9 Å². The molecule has 0 radical (unpaired) electrons. The van der Waals surface area contributed by atoms with Crippen LogP contribution in [0.2, 0.25) is 0 Å².